The molecule has 0 aliphatic rings. The van der Waals surface area contributed by atoms with E-state index in [1.165, 1.54) is 0 Å². The van der Waals surface area contributed by atoms with Gasteiger partial charge in [0.1, 0.15) is 0 Å². The number of hydrogen-bond donors (Lipinski definition) is 2. The number of primary amides is 1. The Bertz CT molecular complexity index is 409. The first-order valence-corrected chi connectivity index (χ1v) is 5.18. The molecule has 0 heterocycles. The molecule has 0 spiro atoms. The second kappa shape index (κ2) is 5.30. The number of carbonyl (C=O) groups is 1. The number of benzene rings is 1. The number of rotatable bonds is 3. The van der Waals surface area contributed by atoms with Crippen LogP contribution < -0.4 is 11.1 Å². The van der Waals surface area contributed by atoms with Crippen LogP contribution in [0, 0.1) is 0 Å². The van der Waals surface area contributed by atoms with Gasteiger partial charge in [0.15, 0.2) is 0 Å². The molecule has 0 aliphatic heterocycles. The number of carbonyl (C=O) groups excluding carboxylic acids is 1. The van der Waals surface area contributed by atoms with Crippen LogP contribution in [0.2, 0.25) is 10.0 Å². The molecule has 0 fully saturated rings. The quantitative estimate of drug-likeness (QED) is 0.824. The summed E-state index contributed by atoms with van der Waals surface area (Å²) in [5, 5.41) is 3.71. The summed E-state index contributed by atoms with van der Waals surface area (Å²) in [6.45, 7) is 0. The molecule has 1 rings (SSSR count). The van der Waals surface area contributed by atoms with Gasteiger partial charge >= 0.3 is 0 Å². The molecule has 15 heavy (non-hydrogen) atoms. The number of halogens is 2. The van der Waals surface area contributed by atoms with Crippen molar-refractivity contribution < 1.29 is 4.79 Å². The van der Waals surface area contributed by atoms with Crippen LogP contribution in [0.15, 0.2) is 18.2 Å². The molecule has 1 amide bonds. The Morgan fingerprint density at radius 3 is 2.60 bits per heavy atom. The lowest BCUT2D eigenvalue weighted by Gasteiger charge is -2.06. The maximum Gasteiger partial charge on any atom is 0.224 e. The van der Waals surface area contributed by atoms with Crippen molar-refractivity contribution in [3.63, 3.8) is 0 Å². The summed E-state index contributed by atoms with van der Waals surface area (Å²) in [6.07, 6.45) is 0.00950. The lowest BCUT2D eigenvalue weighted by atomic mass is 10.3. The largest absolute Gasteiger partial charge is 0.369 e. The summed E-state index contributed by atoms with van der Waals surface area (Å²) in [4.78, 5) is 10.9. The van der Waals surface area contributed by atoms with Crippen molar-refractivity contribution in [2.75, 3.05) is 5.32 Å². The highest BCUT2D eigenvalue weighted by atomic mass is 35.5. The van der Waals surface area contributed by atoms with Gasteiger partial charge in [0, 0.05) is 5.69 Å². The topological polar surface area (TPSA) is 55.1 Å². The molecular weight excluding hydrogens is 255 g/mol. The minimum atomic E-state index is -0.479. The number of amides is 1. The first-order valence-electron chi connectivity index (χ1n) is 4.02. The zero-order valence-corrected chi connectivity index (χ0v) is 9.92. The molecule has 0 saturated heterocycles. The zero-order valence-electron chi connectivity index (χ0n) is 7.59. The predicted molar refractivity (Wildman–Crippen MR) is 66.5 cm³/mol. The van der Waals surface area contributed by atoms with Gasteiger partial charge in [-0.3, -0.25) is 4.79 Å². The SMILES string of the molecule is NC(=O)CC(=S)Nc1ccc(Cl)c(Cl)c1. The third kappa shape index (κ3) is 4.03. The molecule has 3 nitrogen and oxygen atoms in total. The maximum absolute atomic E-state index is 10.6. The van der Waals surface area contributed by atoms with E-state index in [0.29, 0.717) is 20.7 Å². The number of thiocarbonyl (C=S) groups is 1. The zero-order chi connectivity index (χ0) is 11.4. The highest BCUT2D eigenvalue weighted by Crippen LogP contribution is 2.25. The second-order valence-electron chi connectivity index (χ2n) is 2.82. The van der Waals surface area contributed by atoms with Crippen molar-refractivity contribution in [3.05, 3.63) is 28.2 Å². The van der Waals surface area contributed by atoms with Crippen LogP contribution in [0.25, 0.3) is 0 Å². The van der Waals surface area contributed by atoms with E-state index >= 15 is 0 Å². The van der Waals surface area contributed by atoms with Crippen molar-refractivity contribution in [3.8, 4) is 0 Å². The molecule has 6 heteroatoms. The van der Waals surface area contributed by atoms with Crippen LogP contribution in [0.1, 0.15) is 6.42 Å². The average Bonchev–Trinajstić information content (AvgIpc) is 2.10. The normalized spacial score (nSPS) is 9.73. The molecule has 0 unspecified atom stereocenters. The van der Waals surface area contributed by atoms with E-state index in [1.54, 1.807) is 18.2 Å². The average molecular weight is 263 g/mol. The van der Waals surface area contributed by atoms with Gasteiger partial charge in [0.2, 0.25) is 5.91 Å². The molecule has 1 aromatic rings. The second-order valence-corrected chi connectivity index (χ2v) is 4.13. The molecule has 3 N–H and O–H groups in total. The molecular formula is C9H8Cl2N2OS. The van der Waals surface area contributed by atoms with E-state index in [0.717, 1.165) is 0 Å². The smallest absolute Gasteiger partial charge is 0.224 e. The molecule has 0 atom stereocenters. The summed E-state index contributed by atoms with van der Waals surface area (Å²) in [5.74, 6) is -0.479. The van der Waals surface area contributed by atoms with E-state index < -0.39 is 5.91 Å². The van der Waals surface area contributed by atoms with Crippen LogP contribution in [0.5, 0.6) is 0 Å². The molecule has 0 saturated carbocycles. The van der Waals surface area contributed by atoms with Crippen LogP contribution in [-0.2, 0) is 4.79 Å². The molecule has 0 bridgehead atoms. The fraction of sp³-hybridized carbons (Fsp3) is 0.111. The lowest BCUT2D eigenvalue weighted by molar-refractivity contribution is -0.116. The molecule has 1 aromatic carbocycles. The van der Waals surface area contributed by atoms with Gasteiger partial charge in [0.25, 0.3) is 0 Å². The summed E-state index contributed by atoms with van der Waals surface area (Å²) in [5.41, 5.74) is 5.66. The third-order valence-electron chi connectivity index (χ3n) is 1.54. The van der Waals surface area contributed by atoms with E-state index in [9.17, 15) is 4.79 Å². The Labute approximate surface area is 103 Å². The standard InChI is InChI=1S/C9H8Cl2N2OS/c10-6-2-1-5(3-7(6)11)13-9(15)4-8(12)14/h1-3H,4H2,(H2,12,14)(H,13,15). The first-order chi connectivity index (χ1) is 6.99. The van der Waals surface area contributed by atoms with Gasteiger partial charge in [-0.05, 0) is 18.2 Å². The maximum atomic E-state index is 10.6. The first kappa shape index (κ1) is 12.2. The monoisotopic (exact) mass is 262 g/mol. The minimum absolute atomic E-state index is 0.00950. The Morgan fingerprint density at radius 1 is 1.40 bits per heavy atom. The summed E-state index contributed by atoms with van der Waals surface area (Å²) < 4.78 is 0. The lowest BCUT2D eigenvalue weighted by Crippen LogP contribution is -2.20. The van der Waals surface area contributed by atoms with Crippen LogP contribution in [0.4, 0.5) is 5.69 Å². The molecule has 0 aliphatic carbocycles. The third-order valence-corrected chi connectivity index (χ3v) is 2.52. The van der Waals surface area contributed by atoms with Gasteiger partial charge < -0.3 is 11.1 Å². The number of nitrogens with one attached hydrogen (secondary N) is 1. The fourth-order valence-electron chi connectivity index (χ4n) is 0.937. The van der Waals surface area contributed by atoms with Crippen molar-refractivity contribution >= 4 is 52.0 Å². The summed E-state index contributed by atoms with van der Waals surface area (Å²) >= 11 is 16.4. The van der Waals surface area contributed by atoms with E-state index in [2.05, 4.69) is 5.32 Å². The Hall–Kier alpha value is -0.840. The number of anilines is 1. The highest BCUT2D eigenvalue weighted by Gasteiger charge is 2.03. The van der Waals surface area contributed by atoms with Crippen molar-refractivity contribution in [1.29, 1.82) is 0 Å². The minimum Gasteiger partial charge on any atom is -0.369 e. The summed E-state index contributed by atoms with van der Waals surface area (Å²) in [6, 6.07) is 4.97. The number of hydrogen-bond acceptors (Lipinski definition) is 2. The van der Waals surface area contributed by atoms with Crippen LogP contribution in [-0.4, -0.2) is 10.9 Å². The molecule has 0 radical (unpaired) electrons. The van der Waals surface area contributed by atoms with Gasteiger partial charge in [-0.25, -0.2) is 0 Å². The van der Waals surface area contributed by atoms with Gasteiger partial charge in [0.05, 0.1) is 21.5 Å². The Balaban J connectivity index is 2.69. The van der Waals surface area contributed by atoms with E-state index in [4.69, 9.17) is 41.2 Å². The highest BCUT2D eigenvalue weighted by molar-refractivity contribution is 7.80. The van der Waals surface area contributed by atoms with Crippen molar-refractivity contribution in [2.45, 2.75) is 6.42 Å². The molecule has 80 valence electrons. The van der Waals surface area contributed by atoms with Crippen LogP contribution >= 0.6 is 35.4 Å². The summed E-state index contributed by atoms with van der Waals surface area (Å²) in [7, 11) is 0. The Morgan fingerprint density at radius 2 is 2.07 bits per heavy atom. The van der Waals surface area contributed by atoms with E-state index in [-0.39, 0.29) is 6.42 Å². The van der Waals surface area contributed by atoms with Gasteiger partial charge in [-0.15, -0.1) is 0 Å². The van der Waals surface area contributed by atoms with Crippen molar-refractivity contribution in [1.82, 2.24) is 0 Å². The van der Waals surface area contributed by atoms with Gasteiger partial charge in [-0.1, -0.05) is 35.4 Å². The van der Waals surface area contributed by atoms with Crippen molar-refractivity contribution in [2.24, 2.45) is 5.73 Å². The number of nitrogens with two attached hydrogens (primary N) is 1. The van der Waals surface area contributed by atoms with E-state index in [1.807, 2.05) is 0 Å². The Kier molecular flexibility index (Phi) is 4.32. The predicted octanol–water partition coefficient (Wildman–Crippen LogP) is 2.61. The van der Waals surface area contributed by atoms with Gasteiger partial charge in [-0.2, -0.15) is 0 Å². The fourth-order valence-corrected chi connectivity index (χ4v) is 1.50. The molecule has 0 aromatic heterocycles. The van der Waals surface area contributed by atoms with Crippen LogP contribution in [0.3, 0.4) is 0 Å².